The van der Waals surface area contributed by atoms with Crippen molar-refractivity contribution in [2.24, 2.45) is 0 Å². The number of hydrogen-bond acceptors (Lipinski definition) is 4. The summed E-state index contributed by atoms with van der Waals surface area (Å²) in [6.07, 6.45) is 1.61. The average molecular weight is 263 g/mol. The van der Waals surface area contributed by atoms with Crippen LogP contribution in [0.4, 0.5) is 0 Å². The molecule has 5 nitrogen and oxygen atoms in total. The predicted molar refractivity (Wildman–Crippen MR) is 64.9 cm³/mol. The van der Waals surface area contributed by atoms with Crippen LogP contribution in [0.15, 0.2) is 6.20 Å². The minimum atomic E-state index is -1.35. The Morgan fingerprint density at radius 1 is 1.53 bits per heavy atom. The lowest BCUT2D eigenvalue weighted by Crippen LogP contribution is -2.41. The molecule has 0 aliphatic carbocycles. The number of aryl methyl sites for hydroxylation is 1. The quantitative estimate of drug-likeness (QED) is 0.794. The Kier molecular flexibility index (Phi) is 4.94. The van der Waals surface area contributed by atoms with E-state index in [1.165, 1.54) is 20.4 Å². The van der Waals surface area contributed by atoms with Crippen molar-refractivity contribution in [1.82, 2.24) is 9.78 Å². The summed E-state index contributed by atoms with van der Waals surface area (Å²) in [7, 11) is 2.94. The van der Waals surface area contributed by atoms with E-state index in [9.17, 15) is 5.11 Å². The van der Waals surface area contributed by atoms with E-state index >= 15 is 0 Å². The highest BCUT2D eigenvalue weighted by molar-refractivity contribution is 6.31. The number of methoxy groups -OCH3 is 2. The highest BCUT2D eigenvalue weighted by Gasteiger charge is 2.39. The minimum absolute atomic E-state index is 0.405. The van der Waals surface area contributed by atoms with Gasteiger partial charge in [0, 0.05) is 20.8 Å². The van der Waals surface area contributed by atoms with Crippen molar-refractivity contribution in [3.8, 4) is 0 Å². The standard InChI is InChI=1S/C11H19ClN2O3/c1-5-6-14-9(8(12)7-13-14)11(2,15)10(16-3)17-4/h7,10,15H,5-6H2,1-4H3. The van der Waals surface area contributed by atoms with Gasteiger partial charge in [0.2, 0.25) is 0 Å². The highest BCUT2D eigenvalue weighted by atomic mass is 35.5. The van der Waals surface area contributed by atoms with Crippen LogP contribution in [0.3, 0.4) is 0 Å². The van der Waals surface area contributed by atoms with Crippen LogP contribution < -0.4 is 0 Å². The molecule has 0 spiro atoms. The minimum Gasteiger partial charge on any atom is -0.378 e. The zero-order chi connectivity index (χ0) is 13.1. The van der Waals surface area contributed by atoms with Gasteiger partial charge >= 0.3 is 0 Å². The van der Waals surface area contributed by atoms with E-state index in [0.29, 0.717) is 17.3 Å². The van der Waals surface area contributed by atoms with Gasteiger partial charge in [-0.25, -0.2) is 0 Å². The molecule has 0 saturated carbocycles. The fraction of sp³-hybridized carbons (Fsp3) is 0.727. The summed E-state index contributed by atoms with van der Waals surface area (Å²) in [5.41, 5.74) is -0.846. The molecule has 1 rings (SSSR count). The van der Waals surface area contributed by atoms with Gasteiger partial charge in [0.15, 0.2) is 11.9 Å². The largest absolute Gasteiger partial charge is 0.378 e. The van der Waals surface area contributed by atoms with E-state index in [-0.39, 0.29) is 0 Å². The van der Waals surface area contributed by atoms with Crippen molar-refractivity contribution in [3.05, 3.63) is 16.9 Å². The molecule has 0 aromatic carbocycles. The third-order valence-corrected chi connectivity index (χ3v) is 2.87. The smallest absolute Gasteiger partial charge is 0.191 e. The molecular formula is C11H19ClN2O3. The molecule has 0 fully saturated rings. The Morgan fingerprint density at radius 3 is 2.59 bits per heavy atom. The molecule has 1 heterocycles. The molecule has 1 unspecified atom stereocenters. The van der Waals surface area contributed by atoms with E-state index in [4.69, 9.17) is 21.1 Å². The van der Waals surface area contributed by atoms with Crippen LogP contribution in [-0.4, -0.2) is 35.4 Å². The van der Waals surface area contributed by atoms with Crippen LogP contribution in [0.1, 0.15) is 26.0 Å². The van der Waals surface area contributed by atoms with Gasteiger partial charge in [-0.3, -0.25) is 4.68 Å². The van der Waals surface area contributed by atoms with Crippen LogP contribution in [0, 0.1) is 0 Å². The first-order valence-electron chi connectivity index (χ1n) is 5.48. The second-order valence-electron chi connectivity index (χ2n) is 4.02. The van der Waals surface area contributed by atoms with Crippen LogP contribution in [0.25, 0.3) is 0 Å². The van der Waals surface area contributed by atoms with Gasteiger partial charge < -0.3 is 14.6 Å². The third kappa shape index (κ3) is 2.80. The lowest BCUT2D eigenvalue weighted by atomic mass is 10.0. The van der Waals surface area contributed by atoms with Crippen LogP contribution in [-0.2, 0) is 21.6 Å². The molecule has 1 aromatic rings. The van der Waals surface area contributed by atoms with Crippen LogP contribution in [0.5, 0.6) is 0 Å². The van der Waals surface area contributed by atoms with Gasteiger partial charge in [-0.2, -0.15) is 5.10 Å². The Bertz CT molecular complexity index is 362. The van der Waals surface area contributed by atoms with Crippen molar-refractivity contribution < 1.29 is 14.6 Å². The first-order chi connectivity index (χ1) is 7.98. The van der Waals surface area contributed by atoms with Crippen molar-refractivity contribution in [3.63, 3.8) is 0 Å². The lowest BCUT2D eigenvalue weighted by molar-refractivity contribution is -0.215. The van der Waals surface area contributed by atoms with Crippen molar-refractivity contribution in [1.29, 1.82) is 0 Å². The SMILES string of the molecule is CCCn1ncc(Cl)c1C(C)(O)C(OC)OC. The zero-order valence-corrected chi connectivity index (χ0v) is 11.4. The summed E-state index contributed by atoms with van der Waals surface area (Å²) in [6, 6.07) is 0. The molecule has 6 heteroatoms. The maximum atomic E-state index is 10.5. The van der Waals surface area contributed by atoms with Gasteiger partial charge in [-0.05, 0) is 13.3 Å². The summed E-state index contributed by atoms with van der Waals surface area (Å²) in [5, 5.41) is 15.1. The topological polar surface area (TPSA) is 56.5 Å². The average Bonchev–Trinajstić information content (AvgIpc) is 2.62. The van der Waals surface area contributed by atoms with Gasteiger partial charge in [-0.15, -0.1) is 0 Å². The second kappa shape index (κ2) is 5.82. The maximum Gasteiger partial charge on any atom is 0.191 e. The Balaban J connectivity index is 3.16. The summed E-state index contributed by atoms with van der Waals surface area (Å²) < 4.78 is 11.9. The molecular weight excluding hydrogens is 244 g/mol. The number of hydrogen-bond donors (Lipinski definition) is 1. The van der Waals surface area contributed by atoms with E-state index in [2.05, 4.69) is 5.10 Å². The summed E-state index contributed by atoms with van der Waals surface area (Å²) in [6.45, 7) is 4.30. The van der Waals surface area contributed by atoms with Gasteiger partial charge in [-0.1, -0.05) is 18.5 Å². The van der Waals surface area contributed by atoms with Gasteiger partial charge in [0.1, 0.15) is 0 Å². The lowest BCUT2D eigenvalue weighted by Gasteiger charge is -2.31. The van der Waals surface area contributed by atoms with E-state index < -0.39 is 11.9 Å². The van der Waals surface area contributed by atoms with Crippen LogP contribution >= 0.6 is 11.6 Å². The number of aliphatic hydroxyl groups is 1. The van der Waals surface area contributed by atoms with Crippen molar-refractivity contribution in [2.75, 3.05) is 14.2 Å². The highest BCUT2D eigenvalue weighted by Crippen LogP contribution is 2.32. The predicted octanol–water partition coefficient (Wildman–Crippen LogP) is 1.77. The third-order valence-electron chi connectivity index (χ3n) is 2.60. The Labute approximate surface area is 106 Å². The molecule has 0 bridgehead atoms. The first kappa shape index (κ1) is 14.4. The molecule has 0 radical (unpaired) electrons. The number of ether oxygens (including phenoxy) is 2. The monoisotopic (exact) mass is 262 g/mol. The molecule has 98 valence electrons. The number of rotatable bonds is 6. The van der Waals surface area contributed by atoms with Crippen LogP contribution in [0.2, 0.25) is 5.02 Å². The maximum absolute atomic E-state index is 10.5. The van der Waals surface area contributed by atoms with Gasteiger partial charge in [0.05, 0.1) is 16.9 Å². The Morgan fingerprint density at radius 2 is 2.12 bits per heavy atom. The molecule has 0 saturated heterocycles. The molecule has 17 heavy (non-hydrogen) atoms. The number of halogens is 1. The molecule has 1 N–H and O–H groups in total. The summed E-state index contributed by atoms with van der Waals surface area (Å²) >= 11 is 6.07. The molecule has 1 atom stereocenters. The normalized spacial score (nSPS) is 15.2. The van der Waals surface area contributed by atoms with Crippen molar-refractivity contribution >= 4 is 11.6 Å². The molecule has 0 aliphatic heterocycles. The molecule has 1 aromatic heterocycles. The fourth-order valence-corrected chi connectivity index (χ4v) is 2.25. The summed E-state index contributed by atoms with van der Waals surface area (Å²) in [4.78, 5) is 0. The number of nitrogens with zero attached hydrogens (tertiary/aromatic N) is 2. The first-order valence-corrected chi connectivity index (χ1v) is 5.86. The zero-order valence-electron chi connectivity index (χ0n) is 10.6. The fourth-order valence-electron chi connectivity index (χ4n) is 1.91. The molecule has 0 amide bonds. The Hall–Kier alpha value is -0.620. The van der Waals surface area contributed by atoms with E-state index in [0.717, 1.165) is 6.42 Å². The van der Waals surface area contributed by atoms with Crippen molar-refractivity contribution in [2.45, 2.75) is 38.7 Å². The summed E-state index contributed by atoms with van der Waals surface area (Å²) in [5.74, 6) is 0. The van der Waals surface area contributed by atoms with E-state index in [1.807, 2.05) is 6.92 Å². The van der Waals surface area contributed by atoms with Gasteiger partial charge in [0.25, 0.3) is 0 Å². The number of aromatic nitrogens is 2. The second-order valence-corrected chi connectivity index (χ2v) is 4.42. The molecule has 0 aliphatic rings. The van der Waals surface area contributed by atoms with E-state index in [1.54, 1.807) is 11.6 Å².